The maximum Gasteiger partial charge on any atom is 0.272 e. The van der Waals surface area contributed by atoms with Crippen LogP contribution in [0.15, 0.2) is 77.9 Å². The molecule has 0 saturated carbocycles. The van der Waals surface area contributed by atoms with E-state index < -0.39 is 11.7 Å². The van der Waals surface area contributed by atoms with Crippen LogP contribution in [0.2, 0.25) is 0 Å². The molecule has 1 fully saturated rings. The molecule has 1 aliphatic heterocycles. The molecule has 0 unspecified atom stereocenters. The highest BCUT2D eigenvalue weighted by molar-refractivity contribution is 5.95. The molecule has 0 bridgehead atoms. The van der Waals surface area contributed by atoms with Gasteiger partial charge in [0.15, 0.2) is 6.33 Å². The zero-order valence-corrected chi connectivity index (χ0v) is 26.1. The van der Waals surface area contributed by atoms with Crippen molar-refractivity contribution in [2.24, 2.45) is 0 Å². The highest BCUT2D eigenvalue weighted by atomic mass is 19.1. The number of aromatic nitrogens is 6. The molecule has 6 rings (SSSR count). The number of halogens is 1. The lowest BCUT2D eigenvalue weighted by Gasteiger charge is -2.35. The second kappa shape index (κ2) is 14.8. The molecule has 3 aromatic carbocycles. The van der Waals surface area contributed by atoms with Crippen LogP contribution in [0.3, 0.4) is 0 Å². The Morgan fingerprint density at radius 2 is 1.48 bits per heavy atom. The minimum atomic E-state index is -0.625. The van der Waals surface area contributed by atoms with E-state index in [2.05, 4.69) is 30.6 Å². The van der Waals surface area contributed by atoms with Crippen LogP contribution in [0, 0.1) is 5.82 Å². The van der Waals surface area contributed by atoms with Crippen LogP contribution >= 0.6 is 0 Å². The van der Waals surface area contributed by atoms with E-state index in [-0.39, 0.29) is 42.3 Å². The number of amides is 2. The largest absolute Gasteiger partial charge is 0.339 e. The Morgan fingerprint density at radius 3 is 2.23 bits per heavy atom. The van der Waals surface area contributed by atoms with Gasteiger partial charge in [-0.05, 0) is 42.2 Å². The molecule has 12 nitrogen and oxygen atoms in total. The van der Waals surface area contributed by atoms with Gasteiger partial charge in [-0.1, -0.05) is 48.5 Å². The number of rotatable bonds is 11. The summed E-state index contributed by atoms with van der Waals surface area (Å²) in [5.74, 6) is -0.602. The van der Waals surface area contributed by atoms with Gasteiger partial charge in [-0.15, -0.1) is 20.4 Å². The van der Waals surface area contributed by atoms with E-state index in [1.54, 1.807) is 28.0 Å². The number of hydrogen-bond acceptors (Lipinski definition) is 9. The molecule has 1 N–H and O–H groups in total. The number of hydrogen-bond donors (Lipinski definition) is 1. The Labute approximate surface area is 275 Å². The molecule has 2 amide bonds. The smallest absolute Gasteiger partial charge is 0.272 e. The van der Waals surface area contributed by atoms with E-state index in [0.29, 0.717) is 73.0 Å². The second-order valence-corrected chi connectivity index (χ2v) is 11.7. The number of Topliss-reactive ketones (excluding diaryl/α,β-unsaturated/α-hetero) is 1. The van der Waals surface area contributed by atoms with Crippen molar-refractivity contribution in [2.45, 2.75) is 38.5 Å². The summed E-state index contributed by atoms with van der Waals surface area (Å²) in [5, 5.41) is 23.2. The molecule has 48 heavy (non-hydrogen) atoms. The minimum absolute atomic E-state index is 0.0460. The Bertz CT molecular complexity index is 1990. The molecule has 0 radical (unpaired) electrons. The van der Waals surface area contributed by atoms with Gasteiger partial charge in [0.1, 0.15) is 11.6 Å². The van der Waals surface area contributed by atoms with Gasteiger partial charge in [-0.2, -0.15) is 5.10 Å². The number of carbonyl (C=O) groups is 3. The van der Waals surface area contributed by atoms with Crippen LogP contribution in [-0.4, -0.2) is 84.2 Å². The van der Waals surface area contributed by atoms with E-state index in [0.717, 1.165) is 11.1 Å². The van der Waals surface area contributed by atoms with Gasteiger partial charge in [0.05, 0.1) is 16.6 Å². The van der Waals surface area contributed by atoms with Crippen LogP contribution in [0.25, 0.3) is 22.2 Å². The first-order chi connectivity index (χ1) is 23.4. The highest BCUT2D eigenvalue weighted by Crippen LogP contribution is 2.21. The van der Waals surface area contributed by atoms with Crippen molar-refractivity contribution >= 4 is 28.4 Å². The molecule has 13 heteroatoms. The van der Waals surface area contributed by atoms with Crippen molar-refractivity contribution < 1.29 is 18.8 Å². The Morgan fingerprint density at radius 1 is 0.792 bits per heavy atom. The van der Waals surface area contributed by atoms with Crippen LogP contribution < -0.4 is 5.56 Å². The van der Waals surface area contributed by atoms with Crippen molar-refractivity contribution in [2.75, 3.05) is 26.2 Å². The average molecular weight is 649 g/mol. The number of ketones is 1. The summed E-state index contributed by atoms with van der Waals surface area (Å²) in [4.78, 5) is 54.0. The Balaban J connectivity index is 0.949. The van der Waals surface area contributed by atoms with Gasteiger partial charge >= 0.3 is 0 Å². The normalized spacial score (nSPS) is 13.1. The van der Waals surface area contributed by atoms with E-state index in [1.807, 2.05) is 36.4 Å². The van der Waals surface area contributed by atoms with E-state index in [9.17, 15) is 23.6 Å². The third kappa shape index (κ3) is 7.63. The molecule has 3 heterocycles. The van der Waals surface area contributed by atoms with Crippen LogP contribution in [0.4, 0.5) is 4.39 Å². The summed E-state index contributed by atoms with van der Waals surface area (Å²) in [6, 6.07) is 19.1. The van der Waals surface area contributed by atoms with Gasteiger partial charge in [0.25, 0.3) is 11.5 Å². The number of benzene rings is 3. The van der Waals surface area contributed by atoms with Crippen molar-refractivity contribution in [1.82, 2.24) is 40.4 Å². The fraction of sp³-hybridized carbons (Fsp3) is 0.286. The zero-order chi connectivity index (χ0) is 33.5. The lowest BCUT2D eigenvalue weighted by Crippen LogP contribution is -2.50. The summed E-state index contributed by atoms with van der Waals surface area (Å²) < 4.78 is 14.8. The minimum Gasteiger partial charge on any atom is -0.339 e. The van der Waals surface area contributed by atoms with Gasteiger partial charge in [0, 0.05) is 62.8 Å². The van der Waals surface area contributed by atoms with Crippen molar-refractivity contribution in [3.63, 3.8) is 0 Å². The standard InChI is InChI=1S/C35H33FN8O4/c36-30-15-11-24(21-31-27-5-1-2-6-28(27)34(47)42-39-31)20-29(30)35(48)44-18-16-43(17-19-44)32(46)7-3-4-26(45)14-10-23-8-12-25(13-9-23)33-40-37-22-38-41-33/h1-2,5-6,8-9,11-13,15,20,22H,3-4,7,10,14,16-19,21H2,(H,42,47). The summed E-state index contributed by atoms with van der Waals surface area (Å²) in [6.45, 7) is 1.23. The first-order valence-corrected chi connectivity index (χ1v) is 15.8. The summed E-state index contributed by atoms with van der Waals surface area (Å²) in [5.41, 5.74) is 2.76. The molecule has 5 aromatic rings. The quantitative estimate of drug-likeness (QED) is 0.226. The van der Waals surface area contributed by atoms with E-state index >= 15 is 0 Å². The molecule has 244 valence electrons. The summed E-state index contributed by atoms with van der Waals surface area (Å²) in [6.07, 6.45) is 3.57. The Kier molecular flexibility index (Phi) is 9.93. The molecular weight excluding hydrogens is 615 g/mol. The van der Waals surface area contributed by atoms with Crippen molar-refractivity contribution in [3.8, 4) is 11.4 Å². The molecule has 0 atom stereocenters. The second-order valence-electron chi connectivity index (χ2n) is 11.7. The lowest BCUT2D eigenvalue weighted by atomic mass is 10.0. The fourth-order valence-corrected chi connectivity index (χ4v) is 5.82. The molecular formula is C35H33FN8O4. The fourth-order valence-electron chi connectivity index (χ4n) is 5.82. The number of carbonyl (C=O) groups excluding carboxylic acids is 3. The monoisotopic (exact) mass is 648 g/mol. The summed E-state index contributed by atoms with van der Waals surface area (Å²) in [7, 11) is 0. The SMILES string of the molecule is O=C(CCCC(=O)N1CCN(C(=O)c2cc(Cc3n[nH]c(=O)c4ccccc34)ccc2F)CC1)CCc1ccc(-c2nncnn2)cc1. The van der Waals surface area contributed by atoms with Crippen LogP contribution in [-0.2, 0) is 22.4 Å². The average Bonchev–Trinajstić information content (AvgIpc) is 3.13. The van der Waals surface area contributed by atoms with Crippen LogP contribution in [0.5, 0.6) is 0 Å². The number of aromatic amines is 1. The number of aryl methyl sites for hydroxylation is 1. The topological polar surface area (TPSA) is 155 Å². The molecule has 0 aliphatic carbocycles. The Hall–Kier alpha value is -5.72. The van der Waals surface area contributed by atoms with Gasteiger partial charge in [-0.3, -0.25) is 19.2 Å². The lowest BCUT2D eigenvalue weighted by molar-refractivity contribution is -0.132. The molecule has 1 saturated heterocycles. The first kappa shape index (κ1) is 32.2. The van der Waals surface area contributed by atoms with Crippen molar-refractivity contribution in [3.05, 3.63) is 112 Å². The molecule has 1 aliphatic rings. The number of fused-ring (bicyclic) bond motifs is 1. The first-order valence-electron chi connectivity index (χ1n) is 15.8. The number of nitrogens with zero attached hydrogens (tertiary/aromatic N) is 7. The molecule has 0 spiro atoms. The number of H-pyrrole nitrogens is 1. The third-order valence-corrected chi connectivity index (χ3v) is 8.49. The number of piperazine rings is 1. The molecule has 2 aromatic heterocycles. The number of nitrogens with one attached hydrogen (secondary N) is 1. The van der Waals surface area contributed by atoms with Crippen molar-refractivity contribution in [1.29, 1.82) is 0 Å². The van der Waals surface area contributed by atoms with Gasteiger partial charge < -0.3 is 9.80 Å². The highest BCUT2D eigenvalue weighted by Gasteiger charge is 2.26. The predicted octanol–water partition coefficient (Wildman–Crippen LogP) is 3.56. The van der Waals surface area contributed by atoms with E-state index in [4.69, 9.17) is 0 Å². The maximum absolute atomic E-state index is 14.8. The third-order valence-electron chi connectivity index (χ3n) is 8.49. The predicted molar refractivity (Wildman–Crippen MR) is 174 cm³/mol. The summed E-state index contributed by atoms with van der Waals surface area (Å²) >= 11 is 0. The van der Waals surface area contributed by atoms with E-state index in [1.165, 1.54) is 18.5 Å². The van der Waals surface area contributed by atoms with Gasteiger partial charge in [0.2, 0.25) is 11.7 Å². The zero-order valence-electron chi connectivity index (χ0n) is 26.1. The maximum atomic E-state index is 14.8. The van der Waals surface area contributed by atoms with Gasteiger partial charge in [-0.25, -0.2) is 9.49 Å². The van der Waals surface area contributed by atoms with Crippen LogP contribution in [0.1, 0.15) is 52.9 Å².